The number of rotatable bonds is 4. The van der Waals surface area contributed by atoms with Crippen LogP contribution in [0.4, 0.5) is 0 Å². The standard InChI is InChI=1S/C15H21BrN2OS.ClH/c1-14(8-3-9-20-14)10-18-13(19)15(2,17)11-4-6-12(16)7-5-11;/h4-7H,3,8-10,17H2,1-2H3,(H,18,19);1H. The molecule has 1 amide bonds. The zero-order chi connectivity index (χ0) is 14.8. The van der Waals surface area contributed by atoms with Crippen molar-refractivity contribution in [1.82, 2.24) is 5.32 Å². The number of benzene rings is 1. The quantitative estimate of drug-likeness (QED) is 0.824. The van der Waals surface area contributed by atoms with Gasteiger partial charge in [-0.3, -0.25) is 4.79 Å². The third-order valence-corrected chi connectivity index (χ3v) is 5.91. The van der Waals surface area contributed by atoms with Crippen LogP contribution in [0, 0.1) is 0 Å². The van der Waals surface area contributed by atoms with Crippen molar-refractivity contribution >= 4 is 46.0 Å². The first-order valence-electron chi connectivity index (χ1n) is 6.81. The van der Waals surface area contributed by atoms with Gasteiger partial charge in [-0.2, -0.15) is 11.8 Å². The molecule has 0 spiro atoms. The summed E-state index contributed by atoms with van der Waals surface area (Å²) in [6.07, 6.45) is 2.38. The highest BCUT2D eigenvalue weighted by Gasteiger charge is 2.34. The Kier molecular flexibility index (Phi) is 6.59. The Morgan fingerprint density at radius 2 is 2.10 bits per heavy atom. The van der Waals surface area contributed by atoms with Crippen molar-refractivity contribution in [2.24, 2.45) is 5.73 Å². The fraction of sp³-hybridized carbons (Fsp3) is 0.533. The monoisotopic (exact) mass is 392 g/mol. The molecule has 0 saturated carbocycles. The van der Waals surface area contributed by atoms with Crippen LogP contribution in [-0.4, -0.2) is 23.0 Å². The Morgan fingerprint density at radius 3 is 2.62 bits per heavy atom. The molecule has 1 aliphatic rings. The zero-order valence-corrected chi connectivity index (χ0v) is 15.5. The van der Waals surface area contributed by atoms with Crippen molar-refractivity contribution in [3.63, 3.8) is 0 Å². The molecule has 1 aliphatic heterocycles. The lowest BCUT2D eigenvalue weighted by atomic mass is 9.92. The van der Waals surface area contributed by atoms with Gasteiger partial charge in [0.25, 0.3) is 0 Å². The molecule has 3 nitrogen and oxygen atoms in total. The van der Waals surface area contributed by atoms with Crippen LogP contribution in [0.5, 0.6) is 0 Å². The lowest BCUT2D eigenvalue weighted by Gasteiger charge is -2.28. The number of hydrogen-bond acceptors (Lipinski definition) is 3. The van der Waals surface area contributed by atoms with E-state index in [1.165, 1.54) is 12.2 Å². The fourth-order valence-electron chi connectivity index (χ4n) is 2.35. The minimum atomic E-state index is -1.000. The minimum Gasteiger partial charge on any atom is -0.353 e. The Labute approximate surface area is 145 Å². The van der Waals surface area contributed by atoms with E-state index in [0.717, 1.165) is 16.5 Å². The number of carbonyl (C=O) groups is 1. The molecular weight excluding hydrogens is 372 g/mol. The van der Waals surface area contributed by atoms with E-state index in [-0.39, 0.29) is 23.1 Å². The van der Waals surface area contributed by atoms with Gasteiger partial charge >= 0.3 is 0 Å². The van der Waals surface area contributed by atoms with E-state index in [1.54, 1.807) is 6.92 Å². The van der Waals surface area contributed by atoms with Crippen LogP contribution in [0.25, 0.3) is 0 Å². The molecule has 6 heteroatoms. The first-order valence-corrected chi connectivity index (χ1v) is 8.59. The Hall–Kier alpha value is -0.230. The van der Waals surface area contributed by atoms with Crippen molar-refractivity contribution in [1.29, 1.82) is 0 Å². The summed E-state index contributed by atoms with van der Waals surface area (Å²) in [4.78, 5) is 12.4. The van der Waals surface area contributed by atoms with E-state index in [2.05, 4.69) is 28.2 Å². The summed E-state index contributed by atoms with van der Waals surface area (Å²) in [5, 5.41) is 3.02. The van der Waals surface area contributed by atoms with Crippen molar-refractivity contribution in [3.8, 4) is 0 Å². The molecule has 1 aromatic carbocycles. The molecule has 0 aromatic heterocycles. The normalized spacial score (nSPS) is 24.0. The van der Waals surface area contributed by atoms with Crippen molar-refractivity contribution in [2.75, 3.05) is 12.3 Å². The third-order valence-electron chi connectivity index (χ3n) is 3.84. The summed E-state index contributed by atoms with van der Waals surface area (Å²) in [6, 6.07) is 7.58. The van der Waals surface area contributed by atoms with Gasteiger partial charge < -0.3 is 11.1 Å². The maximum absolute atomic E-state index is 12.4. The highest BCUT2D eigenvalue weighted by atomic mass is 79.9. The van der Waals surface area contributed by atoms with E-state index < -0.39 is 5.54 Å². The molecule has 0 aliphatic carbocycles. The zero-order valence-electron chi connectivity index (χ0n) is 12.3. The maximum Gasteiger partial charge on any atom is 0.244 e. The predicted octanol–water partition coefficient (Wildman–Crippen LogP) is 3.45. The SMILES string of the molecule is CC1(CNC(=O)C(C)(N)c2ccc(Br)cc2)CCCS1.Cl. The Balaban J connectivity index is 0.00000220. The maximum atomic E-state index is 12.4. The van der Waals surface area contributed by atoms with Gasteiger partial charge in [0.05, 0.1) is 0 Å². The second kappa shape index (κ2) is 7.36. The van der Waals surface area contributed by atoms with Gasteiger partial charge in [-0.05, 0) is 50.1 Å². The summed E-state index contributed by atoms with van der Waals surface area (Å²) in [7, 11) is 0. The van der Waals surface area contributed by atoms with E-state index >= 15 is 0 Å². The third kappa shape index (κ3) is 4.62. The summed E-state index contributed by atoms with van der Waals surface area (Å²) in [5.41, 5.74) is 6.05. The molecule has 3 N–H and O–H groups in total. The molecule has 2 rings (SSSR count). The molecular formula is C15H22BrClN2OS. The number of halogens is 2. The van der Waals surface area contributed by atoms with E-state index in [0.29, 0.717) is 6.54 Å². The summed E-state index contributed by atoms with van der Waals surface area (Å²) >= 11 is 5.32. The number of nitrogens with one attached hydrogen (secondary N) is 1. The van der Waals surface area contributed by atoms with Crippen LogP contribution >= 0.6 is 40.1 Å². The summed E-state index contributed by atoms with van der Waals surface area (Å²) in [6.45, 7) is 4.65. The topological polar surface area (TPSA) is 55.1 Å². The number of carbonyl (C=O) groups excluding carboxylic acids is 1. The smallest absolute Gasteiger partial charge is 0.244 e. The molecule has 1 aromatic rings. The van der Waals surface area contributed by atoms with Crippen LogP contribution in [-0.2, 0) is 10.3 Å². The van der Waals surface area contributed by atoms with Crippen LogP contribution in [0.15, 0.2) is 28.7 Å². The van der Waals surface area contributed by atoms with Gasteiger partial charge in [-0.15, -0.1) is 12.4 Å². The number of amides is 1. The first kappa shape index (κ1) is 18.8. The van der Waals surface area contributed by atoms with Crippen LogP contribution in [0.2, 0.25) is 0 Å². The fourth-order valence-corrected chi connectivity index (χ4v) is 3.86. The van der Waals surface area contributed by atoms with Gasteiger partial charge in [0.1, 0.15) is 5.54 Å². The molecule has 1 heterocycles. The average molecular weight is 394 g/mol. The Morgan fingerprint density at radius 1 is 1.48 bits per heavy atom. The lowest BCUT2D eigenvalue weighted by molar-refractivity contribution is -0.126. The van der Waals surface area contributed by atoms with Crippen molar-refractivity contribution in [2.45, 2.75) is 37.0 Å². The molecule has 1 saturated heterocycles. The Bertz CT molecular complexity index is 487. The molecule has 2 unspecified atom stereocenters. The molecule has 0 radical (unpaired) electrons. The molecule has 21 heavy (non-hydrogen) atoms. The minimum absolute atomic E-state index is 0. The summed E-state index contributed by atoms with van der Waals surface area (Å²) < 4.78 is 1.14. The largest absolute Gasteiger partial charge is 0.353 e. The van der Waals surface area contributed by atoms with Crippen molar-refractivity contribution < 1.29 is 4.79 Å². The predicted molar refractivity (Wildman–Crippen MR) is 96.0 cm³/mol. The van der Waals surface area contributed by atoms with Gasteiger partial charge in [-0.1, -0.05) is 28.1 Å². The molecule has 118 valence electrons. The number of nitrogens with two attached hydrogens (primary N) is 1. The van der Waals surface area contributed by atoms with Crippen LogP contribution in [0.1, 0.15) is 32.3 Å². The first-order chi connectivity index (χ1) is 9.33. The van der Waals surface area contributed by atoms with Crippen LogP contribution in [0.3, 0.4) is 0 Å². The van der Waals surface area contributed by atoms with Crippen LogP contribution < -0.4 is 11.1 Å². The molecule has 2 atom stereocenters. The second-order valence-corrected chi connectivity index (χ2v) is 8.39. The van der Waals surface area contributed by atoms with Gasteiger partial charge in [-0.25, -0.2) is 0 Å². The van der Waals surface area contributed by atoms with Gasteiger partial charge in [0, 0.05) is 15.8 Å². The highest BCUT2D eigenvalue weighted by molar-refractivity contribution is 9.10. The highest BCUT2D eigenvalue weighted by Crippen LogP contribution is 2.37. The van der Waals surface area contributed by atoms with E-state index in [1.807, 2.05) is 36.0 Å². The average Bonchev–Trinajstić information content (AvgIpc) is 2.84. The summed E-state index contributed by atoms with van der Waals surface area (Å²) in [5.74, 6) is 1.06. The van der Waals surface area contributed by atoms with Crippen molar-refractivity contribution in [3.05, 3.63) is 34.3 Å². The lowest BCUT2D eigenvalue weighted by Crippen LogP contribution is -2.51. The molecule has 0 bridgehead atoms. The number of hydrogen-bond donors (Lipinski definition) is 2. The van der Waals surface area contributed by atoms with E-state index in [9.17, 15) is 4.79 Å². The van der Waals surface area contributed by atoms with Gasteiger partial charge in [0.15, 0.2) is 0 Å². The molecule has 1 fully saturated rings. The van der Waals surface area contributed by atoms with Gasteiger partial charge in [0.2, 0.25) is 5.91 Å². The second-order valence-electron chi connectivity index (χ2n) is 5.79. The van der Waals surface area contributed by atoms with E-state index in [4.69, 9.17) is 5.73 Å². The number of thioether (sulfide) groups is 1.